The van der Waals surface area contributed by atoms with E-state index in [1.54, 1.807) is 23.7 Å². The van der Waals surface area contributed by atoms with Crippen LogP contribution in [0.1, 0.15) is 16.6 Å². The van der Waals surface area contributed by atoms with Gasteiger partial charge >= 0.3 is 0 Å². The number of nitrogens with zero attached hydrogens (tertiary/aromatic N) is 1. The summed E-state index contributed by atoms with van der Waals surface area (Å²) >= 11 is 0. The van der Waals surface area contributed by atoms with E-state index in [1.165, 1.54) is 12.1 Å². The molecular weight excluding hydrogens is 361 g/mol. The monoisotopic (exact) mass is 386 g/mol. The van der Waals surface area contributed by atoms with Crippen molar-refractivity contribution < 1.29 is 18.9 Å². The molecule has 0 saturated heterocycles. The molecule has 0 aliphatic heterocycles. The van der Waals surface area contributed by atoms with Crippen molar-refractivity contribution in [3.63, 3.8) is 0 Å². The van der Waals surface area contributed by atoms with Crippen molar-refractivity contribution >= 4 is 21.9 Å². The molecule has 0 aliphatic carbocycles. The summed E-state index contributed by atoms with van der Waals surface area (Å²) in [4.78, 5) is 0. The number of aryl methyl sites for hydroxylation is 2. The van der Waals surface area contributed by atoms with E-state index in [0.717, 1.165) is 27.5 Å². The first-order chi connectivity index (χ1) is 15.7. The Hall–Kier alpha value is -3.46. The highest BCUT2D eigenvalue weighted by Gasteiger charge is 2.23. The largest absolute Gasteiger partial charge is 0.454 e. The summed E-state index contributed by atoms with van der Waals surface area (Å²) < 4.78 is 54.4. The maximum Gasteiger partial charge on any atom is 0.216 e. The van der Waals surface area contributed by atoms with E-state index < -0.39 is 6.85 Å². The molecule has 3 heteroatoms. The molecule has 0 aliphatic rings. The molecule has 0 N–H and O–H groups in total. The van der Waals surface area contributed by atoms with Crippen LogP contribution < -0.4 is 4.57 Å². The average Bonchev–Trinajstić information content (AvgIpc) is 3.14. The van der Waals surface area contributed by atoms with E-state index in [2.05, 4.69) is 0 Å². The molecule has 0 saturated carbocycles. The topological polar surface area (TPSA) is 17.0 Å². The van der Waals surface area contributed by atoms with Gasteiger partial charge < -0.3 is 4.42 Å². The van der Waals surface area contributed by atoms with Gasteiger partial charge in [-0.1, -0.05) is 42.5 Å². The molecule has 2 heterocycles. The predicted molar refractivity (Wildman–Crippen MR) is 115 cm³/mol. The number of hydrogen-bond donors (Lipinski definition) is 0. The minimum atomic E-state index is -2.38. The Kier molecular flexibility index (Phi) is 3.09. The fraction of sp³-hybridized carbons (Fsp3) is 0.115. The van der Waals surface area contributed by atoms with Crippen molar-refractivity contribution in [3.8, 4) is 22.4 Å². The normalized spacial score (nSPS) is 13.9. The van der Waals surface area contributed by atoms with Gasteiger partial charge in [-0.2, -0.15) is 0 Å². The summed E-state index contributed by atoms with van der Waals surface area (Å²) in [6, 6.07) is 19.5. The van der Waals surface area contributed by atoms with Gasteiger partial charge in [0.25, 0.3) is 0 Å². The van der Waals surface area contributed by atoms with Gasteiger partial charge in [0.15, 0.2) is 6.17 Å². The molecule has 3 aromatic carbocycles. The molecule has 0 radical (unpaired) electrons. The Labute approximate surface area is 174 Å². The molecule has 5 rings (SSSR count). The summed E-state index contributed by atoms with van der Waals surface area (Å²) in [6.07, 6.45) is -0.0870. The summed E-state index contributed by atoms with van der Waals surface area (Å²) in [7, 11) is 1.67. The zero-order valence-electron chi connectivity index (χ0n) is 20.1. The smallest absolute Gasteiger partial charge is 0.216 e. The van der Waals surface area contributed by atoms with Crippen LogP contribution in [0, 0.1) is 19.6 Å². The third kappa shape index (κ3) is 2.73. The summed E-state index contributed by atoms with van der Waals surface area (Å²) in [5.74, 6) is -0.368. The summed E-state index contributed by atoms with van der Waals surface area (Å²) in [5.41, 5.74) is 4.43. The SMILES string of the molecule is [2H]c1c(C([2H])([2H])[2H])ccc(-c2c(C)ccc3c2oc2c(-c4ccccc4)c(F)ccc23)[n+]1C. The maximum atomic E-state index is 15.0. The Morgan fingerprint density at radius 1 is 0.897 bits per heavy atom. The van der Waals surface area contributed by atoms with E-state index in [9.17, 15) is 4.39 Å². The number of rotatable bonds is 2. The van der Waals surface area contributed by atoms with Gasteiger partial charge in [-0.3, -0.25) is 0 Å². The second kappa shape index (κ2) is 6.56. The first-order valence-corrected chi connectivity index (χ1v) is 9.38. The molecule has 142 valence electrons. The van der Waals surface area contributed by atoms with Crippen molar-refractivity contribution in [2.24, 2.45) is 7.05 Å². The average molecular weight is 386 g/mol. The number of pyridine rings is 1. The molecule has 2 nitrogen and oxygen atoms in total. The minimum absolute atomic E-state index is 0.0170. The van der Waals surface area contributed by atoms with Gasteiger partial charge in [-0.05, 0) is 43.1 Å². The Morgan fingerprint density at radius 3 is 2.38 bits per heavy atom. The summed E-state index contributed by atoms with van der Waals surface area (Å²) in [5, 5.41) is 1.62. The lowest BCUT2D eigenvalue weighted by Crippen LogP contribution is -2.31. The lowest BCUT2D eigenvalue weighted by molar-refractivity contribution is -0.660. The van der Waals surface area contributed by atoms with Crippen LogP contribution in [0.4, 0.5) is 4.39 Å². The zero-order valence-corrected chi connectivity index (χ0v) is 16.1. The van der Waals surface area contributed by atoms with Crippen LogP contribution in [0.15, 0.2) is 77.3 Å². The summed E-state index contributed by atoms with van der Waals surface area (Å²) in [6.45, 7) is -0.447. The first-order valence-electron chi connectivity index (χ1n) is 11.4. The Bertz CT molecular complexity index is 1540. The predicted octanol–water partition coefficient (Wildman–Crippen LogP) is 6.50. The molecule has 0 bridgehead atoms. The van der Waals surface area contributed by atoms with E-state index in [0.29, 0.717) is 22.4 Å². The fourth-order valence-electron chi connectivity index (χ4n) is 3.97. The van der Waals surface area contributed by atoms with Gasteiger partial charge in [0.2, 0.25) is 5.69 Å². The molecular formula is C26H21FNO+. The number of furan rings is 1. The van der Waals surface area contributed by atoms with E-state index >= 15 is 0 Å². The van der Waals surface area contributed by atoms with Crippen molar-refractivity contribution in [2.75, 3.05) is 0 Å². The molecule has 2 aromatic heterocycles. The van der Waals surface area contributed by atoms with Crippen LogP contribution in [0.25, 0.3) is 44.3 Å². The van der Waals surface area contributed by atoms with Crippen LogP contribution in [0.5, 0.6) is 0 Å². The number of halogens is 1. The lowest BCUT2D eigenvalue weighted by Gasteiger charge is -2.06. The van der Waals surface area contributed by atoms with Crippen LogP contribution in [0.2, 0.25) is 0 Å². The van der Waals surface area contributed by atoms with Gasteiger partial charge in [0.05, 0.1) is 11.1 Å². The van der Waals surface area contributed by atoms with Crippen molar-refractivity contribution in [2.45, 2.75) is 13.8 Å². The number of aromatic nitrogens is 1. The van der Waals surface area contributed by atoms with E-state index in [4.69, 9.17) is 9.90 Å². The molecule has 0 amide bonds. The Balaban J connectivity index is 1.85. The van der Waals surface area contributed by atoms with Gasteiger partial charge in [-0.15, -0.1) is 0 Å². The maximum absolute atomic E-state index is 15.0. The highest BCUT2D eigenvalue weighted by atomic mass is 19.1. The molecule has 0 spiro atoms. The van der Waals surface area contributed by atoms with Crippen LogP contribution in [-0.2, 0) is 7.05 Å². The van der Waals surface area contributed by atoms with E-state index in [-0.39, 0.29) is 17.6 Å². The van der Waals surface area contributed by atoms with E-state index in [1.807, 2.05) is 49.4 Å². The van der Waals surface area contributed by atoms with Crippen LogP contribution in [-0.4, -0.2) is 0 Å². The number of fused-ring (bicyclic) bond motifs is 3. The molecule has 5 aromatic rings. The highest BCUT2D eigenvalue weighted by molar-refractivity contribution is 6.13. The lowest BCUT2D eigenvalue weighted by atomic mass is 9.98. The molecule has 0 fully saturated rings. The fourth-order valence-corrected chi connectivity index (χ4v) is 3.97. The molecule has 0 atom stereocenters. The van der Waals surface area contributed by atoms with Gasteiger partial charge in [-0.25, -0.2) is 8.96 Å². The highest BCUT2D eigenvalue weighted by Crippen LogP contribution is 2.41. The van der Waals surface area contributed by atoms with Crippen molar-refractivity contribution in [1.82, 2.24) is 0 Å². The van der Waals surface area contributed by atoms with Crippen LogP contribution in [0.3, 0.4) is 0 Å². The first kappa shape index (κ1) is 13.7. The molecule has 0 unspecified atom stereocenters. The van der Waals surface area contributed by atoms with Crippen molar-refractivity contribution in [3.05, 3.63) is 89.8 Å². The van der Waals surface area contributed by atoms with Gasteiger partial charge in [0, 0.05) is 26.5 Å². The minimum Gasteiger partial charge on any atom is -0.454 e. The van der Waals surface area contributed by atoms with Crippen molar-refractivity contribution in [1.29, 1.82) is 0 Å². The Morgan fingerprint density at radius 2 is 1.62 bits per heavy atom. The third-order valence-electron chi connectivity index (χ3n) is 5.34. The quantitative estimate of drug-likeness (QED) is 0.316. The number of hydrogen-bond acceptors (Lipinski definition) is 1. The second-order valence-corrected chi connectivity index (χ2v) is 7.20. The van der Waals surface area contributed by atoms with Gasteiger partial charge in [0.1, 0.15) is 25.4 Å². The second-order valence-electron chi connectivity index (χ2n) is 7.20. The molecule has 29 heavy (non-hydrogen) atoms. The van der Waals surface area contributed by atoms with Crippen LogP contribution >= 0.6 is 0 Å². The zero-order chi connectivity index (χ0) is 23.5. The third-order valence-corrected chi connectivity index (χ3v) is 5.34. The number of benzene rings is 3. The standard InChI is InChI=1S/C26H21FNO/c1-16-9-14-22(28(3)15-16)23-17(2)10-11-19-20-12-13-21(27)24(26(20)29-25(19)23)18-7-5-4-6-8-18/h4-15H,1-3H3/q+1/i1D3,15D.